The molecule has 0 aromatic heterocycles. The zero-order valence-corrected chi connectivity index (χ0v) is 24.9. The summed E-state index contributed by atoms with van der Waals surface area (Å²) < 4.78 is 29.1. The molecule has 0 aliphatic heterocycles. The van der Waals surface area contributed by atoms with Crippen molar-refractivity contribution in [3.63, 3.8) is 0 Å². The number of rotatable bonds is 13. The lowest BCUT2D eigenvalue weighted by Gasteiger charge is -2.34. The molecule has 0 saturated heterocycles. The predicted molar refractivity (Wildman–Crippen MR) is 161 cm³/mol. The third-order valence-electron chi connectivity index (χ3n) is 7.11. The van der Waals surface area contributed by atoms with Gasteiger partial charge in [-0.1, -0.05) is 74.5 Å². The summed E-state index contributed by atoms with van der Waals surface area (Å²) in [6, 6.07) is 22.6. The van der Waals surface area contributed by atoms with Gasteiger partial charge in [0.15, 0.2) is 0 Å². The van der Waals surface area contributed by atoms with E-state index in [1.807, 2.05) is 77.1 Å². The fourth-order valence-electron chi connectivity index (χ4n) is 4.56. The maximum absolute atomic E-state index is 14.1. The number of amides is 2. The van der Waals surface area contributed by atoms with Gasteiger partial charge in [-0.2, -0.15) is 0 Å². The smallest absolute Gasteiger partial charge is 0.264 e. The highest BCUT2D eigenvalue weighted by molar-refractivity contribution is 7.92. The number of carbonyl (C=O) groups excluding carboxylic acids is 2. The van der Waals surface area contributed by atoms with Crippen LogP contribution in [-0.4, -0.2) is 50.3 Å². The van der Waals surface area contributed by atoms with Crippen molar-refractivity contribution in [3.05, 3.63) is 95.6 Å². The number of hydrogen-bond donors (Lipinski definition) is 1. The molecule has 0 fully saturated rings. The van der Waals surface area contributed by atoms with Gasteiger partial charge in [-0.3, -0.25) is 13.9 Å². The Kier molecular flexibility index (Phi) is 10.9. The fraction of sp³-hybridized carbons (Fsp3) is 0.375. The predicted octanol–water partition coefficient (Wildman–Crippen LogP) is 5.26. The number of sulfonamides is 1. The molecule has 1 N–H and O–H groups in total. The minimum Gasteiger partial charge on any atom is -0.352 e. The second-order valence-corrected chi connectivity index (χ2v) is 12.0. The highest BCUT2D eigenvalue weighted by atomic mass is 32.2. The van der Waals surface area contributed by atoms with Crippen LogP contribution >= 0.6 is 0 Å². The molecule has 2 atom stereocenters. The van der Waals surface area contributed by atoms with Gasteiger partial charge in [0.25, 0.3) is 10.0 Å². The van der Waals surface area contributed by atoms with Crippen LogP contribution in [0.4, 0.5) is 5.69 Å². The van der Waals surface area contributed by atoms with Gasteiger partial charge in [-0.05, 0) is 74.9 Å². The number of hydrogen-bond acceptors (Lipinski definition) is 4. The first-order chi connectivity index (χ1) is 19.1. The van der Waals surface area contributed by atoms with E-state index in [0.29, 0.717) is 18.5 Å². The Morgan fingerprint density at radius 3 is 2.10 bits per heavy atom. The summed E-state index contributed by atoms with van der Waals surface area (Å²) >= 11 is 0. The Hall–Kier alpha value is -3.65. The van der Waals surface area contributed by atoms with E-state index in [9.17, 15) is 18.0 Å². The molecule has 3 aromatic rings. The number of nitrogens with one attached hydrogen (secondary N) is 1. The molecule has 8 heteroatoms. The van der Waals surface area contributed by atoms with Crippen LogP contribution in [0.1, 0.15) is 50.3 Å². The quantitative estimate of drug-likeness (QED) is 0.307. The van der Waals surface area contributed by atoms with Crippen molar-refractivity contribution in [2.75, 3.05) is 17.4 Å². The molecule has 0 radical (unpaired) electrons. The Morgan fingerprint density at radius 1 is 0.875 bits per heavy atom. The van der Waals surface area contributed by atoms with Gasteiger partial charge < -0.3 is 10.2 Å². The maximum atomic E-state index is 14.1. The van der Waals surface area contributed by atoms with E-state index in [2.05, 4.69) is 5.32 Å². The zero-order chi connectivity index (χ0) is 29.3. The maximum Gasteiger partial charge on any atom is 0.264 e. The van der Waals surface area contributed by atoms with Crippen molar-refractivity contribution in [1.29, 1.82) is 0 Å². The van der Waals surface area contributed by atoms with E-state index in [4.69, 9.17) is 0 Å². The lowest BCUT2D eigenvalue weighted by Crippen LogP contribution is -2.54. The van der Waals surface area contributed by atoms with E-state index < -0.39 is 28.5 Å². The topological polar surface area (TPSA) is 86.8 Å². The van der Waals surface area contributed by atoms with Gasteiger partial charge in [-0.15, -0.1) is 0 Å². The van der Waals surface area contributed by atoms with E-state index in [1.165, 1.54) is 16.4 Å². The van der Waals surface area contributed by atoms with E-state index in [1.54, 1.807) is 29.2 Å². The fourth-order valence-corrected chi connectivity index (χ4v) is 6.05. The number of carbonyl (C=O) groups is 2. The largest absolute Gasteiger partial charge is 0.352 e. The molecular formula is C32H41N3O4S. The van der Waals surface area contributed by atoms with Gasteiger partial charge in [0, 0.05) is 12.6 Å². The lowest BCUT2D eigenvalue weighted by atomic mass is 10.1. The summed E-state index contributed by atoms with van der Waals surface area (Å²) in [5.74, 6) is -0.662. The van der Waals surface area contributed by atoms with Crippen LogP contribution in [0.25, 0.3) is 0 Å². The monoisotopic (exact) mass is 563 g/mol. The van der Waals surface area contributed by atoms with Crippen molar-refractivity contribution < 1.29 is 18.0 Å². The van der Waals surface area contributed by atoms with Crippen LogP contribution in [0.2, 0.25) is 0 Å². The highest BCUT2D eigenvalue weighted by Gasteiger charge is 2.34. The molecule has 0 spiro atoms. The minimum atomic E-state index is -4.08. The van der Waals surface area contributed by atoms with Gasteiger partial charge in [0.05, 0.1) is 10.6 Å². The van der Waals surface area contributed by atoms with Crippen molar-refractivity contribution >= 4 is 27.5 Å². The van der Waals surface area contributed by atoms with Crippen molar-refractivity contribution in [3.8, 4) is 0 Å². The molecule has 3 rings (SSSR count). The summed E-state index contributed by atoms with van der Waals surface area (Å²) in [6.07, 6.45) is 1.70. The zero-order valence-electron chi connectivity index (χ0n) is 24.1. The Morgan fingerprint density at radius 2 is 1.50 bits per heavy atom. The third-order valence-corrected chi connectivity index (χ3v) is 8.89. The summed E-state index contributed by atoms with van der Waals surface area (Å²) in [4.78, 5) is 29.1. The summed E-state index contributed by atoms with van der Waals surface area (Å²) in [5, 5.41) is 3.01. The molecule has 0 aliphatic carbocycles. The van der Waals surface area contributed by atoms with Gasteiger partial charge in [-0.25, -0.2) is 8.42 Å². The average Bonchev–Trinajstić information content (AvgIpc) is 2.95. The Bertz CT molecular complexity index is 1380. The van der Waals surface area contributed by atoms with Crippen LogP contribution in [0.3, 0.4) is 0 Å². The second kappa shape index (κ2) is 14.1. The summed E-state index contributed by atoms with van der Waals surface area (Å²) in [6.45, 7) is 9.35. The normalized spacial score (nSPS) is 12.8. The number of anilines is 1. The summed E-state index contributed by atoms with van der Waals surface area (Å²) in [7, 11) is -4.08. The number of benzene rings is 3. The standard InChI is InChI=1S/C32H41N3O4S/c1-6-26(5)33-32(37)29(7-2)34(21-20-27-14-10-8-11-15-27)31(36)23-35(30-22-24(3)18-19-25(30)4)40(38,39)28-16-12-9-13-17-28/h8-19,22,26,29H,6-7,20-21,23H2,1-5H3,(H,33,37)/t26-,29-/m0/s1. The van der Waals surface area contributed by atoms with Crippen LogP contribution in [0, 0.1) is 13.8 Å². The first-order valence-corrected chi connectivity index (χ1v) is 15.3. The molecule has 0 saturated carbocycles. The van der Waals surface area contributed by atoms with E-state index in [0.717, 1.165) is 23.1 Å². The van der Waals surface area contributed by atoms with Crippen molar-refractivity contribution in [1.82, 2.24) is 10.2 Å². The summed E-state index contributed by atoms with van der Waals surface area (Å²) in [5.41, 5.74) is 3.08. The van der Waals surface area contributed by atoms with Gasteiger partial charge in [0.1, 0.15) is 12.6 Å². The molecule has 40 heavy (non-hydrogen) atoms. The molecule has 7 nitrogen and oxygen atoms in total. The Balaban J connectivity index is 2.04. The Labute approximate surface area is 239 Å². The van der Waals surface area contributed by atoms with Crippen LogP contribution < -0.4 is 9.62 Å². The molecule has 0 heterocycles. The SMILES string of the molecule is CC[C@H](C)NC(=O)[C@H](CC)N(CCc1ccccc1)C(=O)CN(c1cc(C)ccc1C)S(=O)(=O)c1ccccc1. The first-order valence-electron chi connectivity index (χ1n) is 13.9. The molecule has 2 amide bonds. The molecule has 214 valence electrons. The second-order valence-electron chi connectivity index (χ2n) is 10.2. The van der Waals surface area contributed by atoms with Crippen LogP contribution in [-0.2, 0) is 26.0 Å². The van der Waals surface area contributed by atoms with Gasteiger partial charge in [0.2, 0.25) is 11.8 Å². The lowest BCUT2D eigenvalue weighted by molar-refractivity contribution is -0.139. The van der Waals surface area contributed by atoms with Crippen LogP contribution in [0.5, 0.6) is 0 Å². The molecule has 0 bridgehead atoms. The van der Waals surface area contributed by atoms with Gasteiger partial charge >= 0.3 is 0 Å². The number of aryl methyl sites for hydroxylation is 2. The first kappa shape index (κ1) is 30.9. The molecule has 3 aromatic carbocycles. The molecular weight excluding hydrogens is 522 g/mol. The third kappa shape index (κ3) is 7.72. The minimum absolute atomic E-state index is 0.0440. The van der Waals surface area contributed by atoms with Crippen LogP contribution in [0.15, 0.2) is 83.8 Å². The van der Waals surface area contributed by atoms with E-state index >= 15 is 0 Å². The molecule has 0 aliphatic rings. The number of nitrogens with zero attached hydrogens (tertiary/aromatic N) is 2. The average molecular weight is 564 g/mol. The van der Waals surface area contributed by atoms with E-state index in [-0.39, 0.29) is 23.4 Å². The van der Waals surface area contributed by atoms with Crippen molar-refractivity contribution in [2.24, 2.45) is 0 Å². The van der Waals surface area contributed by atoms with Crippen molar-refractivity contribution in [2.45, 2.75) is 70.9 Å². The highest BCUT2D eigenvalue weighted by Crippen LogP contribution is 2.28. The molecule has 0 unspecified atom stereocenters.